The molecule has 238 valence electrons. The van der Waals surface area contributed by atoms with Gasteiger partial charge in [0.2, 0.25) is 0 Å². The number of esters is 1. The van der Waals surface area contributed by atoms with Crippen LogP contribution in [0.15, 0.2) is 71.2 Å². The van der Waals surface area contributed by atoms with Gasteiger partial charge in [0, 0.05) is 7.13 Å². The fourth-order valence-electron chi connectivity index (χ4n) is 4.55. The Balaban J connectivity index is -0.00000423. The van der Waals surface area contributed by atoms with Crippen LogP contribution in [0.3, 0.4) is 0 Å². The number of halogens is 1. The summed E-state index contributed by atoms with van der Waals surface area (Å²) >= 11 is 3.46. The zero-order chi connectivity index (χ0) is 31.4. The number of hydrogen-bond acceptors (Lipinski definition) is 4. The maximum absolute atomic E-state index is 12.8. The van der Waals surface area contributed by atoms with Gasteiger partial charge in [0.15, 0.2) is 6.10 Å². The van der Waals surface area contributed by atoms with E-state index in [4.69, 9.17) is 20.6 Å². The molecule has 0 aromatic heterocycles. The first-order valence-electron chi connectivity index (χ1n) is 15.5. The second-order valence-electron chi connectivity index (χ2n) is 10.5. The van der Waals surface area contributed by atoms with Gasteiger partial charge in [-0.3, -0.25) is 0 Å². The number of carbonyl (C=O) groups is 1. The van der Waals surface area contributed by atoms with E-state index in [9.17, 15) is 4.79 Å². The number of hydrogen-bond donors (Lipinski definition) is 0. The summed E-state index contributed by atoms with van der Waals surface area (Å²) in [4.78, 5) is 12.8. The number of unbranched alkanes of at least 4 members (excludes halogenated alkanes) is 9. The molecule has 0 bridgehead atoms. The molecular weight excluding hydrogens is 612 g/mol. The summed E-state index contributed by atoms with van der Waals surface area (Å²) in [6, 6.07) is 20.6. The molecule has 4 nitrogen and oxygen atoms in total. The largest absolute Gasteiger partial charge is 0.494 e. The molecule has 0 radical (unpaired) electrons. The van der Waals surface area contributed by atoms with Crippen LogP contribution in [0.1, 0.15) is 95.5 Å². The van der Waals surface area contributed by atoms with Crippen LogP contribution in [0.25, 0.3) is 11.1 Å². The van der Waals surface area contributed by atoms with Crippen molar-refractivity contribution in [1.29, 1.82) is 0 Å². The van der Waals surface area contributed by atoms with Gasteiger partial charge in [0.05, 0.1) is 16.6 Å². The Morgan fingerprint density at radius 2 is 1.39 bits per heavy atom. The lowest BCUT2D eigenvalue weighted by molar-refractivity contribution is 0.0734. The molecule has 3 aromatic rings. The molecule has 0 aliphatic rings. The minimum atomic E-state index is -0.466. The van der Waals surface area contributed by atoms with Gasteiger partial charge in [-0.05, 0) is 112 Å². The van der Waals surface area contributed by atoms with Gasteiger partial charge in [-0.1, -0.05) is 89.0 Å². The predicted octanol–water partition coefficient (Wildman–Crippen LogP) is 11.3. The van der Waals surface area contributed by atoms with Crippen molar-refractivity contribution in [1.82, 2.24) is 0 Å². The normalized spacial score (nSPS) is 10.8. The van der Waals surface area contributed by atoms with E-state index in [0.29, 0.717) is 21.5 Å². The van der Waals surface area contributed by atoms with Crippen molar-refractivity contribution < 1.29 is 26.1 Å². The second-order valence-corrected chi connectivity index (χ2v) is 11.4. The Hall–Kier alpha value is -4.11. The van der Waals surface area contributed by atoms with Gasteiger partial charge in [-0.25, -0.2) is 4.79 Å². The summed E-state index contributed by atoms with van der Waals surface area (Å²) in [6.45, 7) is 4.81. The topological polar surface area (TPSA) is 44.8 Å². The van der Waals surface area contributed by atoms with Gasteiger partial charge >= 0.3 is 5.97 Å². The zero-order valence-corrected chi connectivity index (χ0v) is 27.4. The predicted molar refractivity (Wildman–Crippen MR) is 193 cm³/mol. The SMILES string of the molecule is C#CC#CC#C[C@@H](C)Oc1ccc(C(=O)Oc2ccc(-c3ccc(OCCCCCCCCCCCC)cc3)cc2)cc1Br.[HH].[HH].[HH].[HH].[HH]. The number of rotatable bonds is 17. The zero-order valence-electron chi connectivity index (χ0n) is 25.8. The van der Waals surface area contributed by atoms with Crippen LogP contribution in [0.5, 0.6) is 17.2 Å². The monoisotopic (exact) mass is 662 g/mol. The first-order chi connectivity index (χ1) is 21.5. The molecule has 5 heteroatoms. The van der Waals surface area contributed by atoms with Crippen LogP contribution in [0.2, 0.25) is 0 Å². The van der Waals surface area contributed by atoms with E-state index in [0.717, 1.165) is 29.9 Å². The third-order valence-corrected chi connectivity index (χ3v) is 7.58. The molecule has 0 N–H and O–H groups in total. The molecule has 0 spiro atoms. The van der Waals surface area contributed by atoms with Crippen LogP contribution >= 0.6 is 15.9 Å². The molecule has 3 rings (SSSR count). The lowest BCUT2D eigenvalue weighted by Crippen LogP contribution is -2.11. The standard InChI is InChI=1S/C39H41BrO4.5H2/c1-4-6-8-10-11-12-13-14-15-17-29-42-35-24-19-32(20-25-35)33-21-26-36(27-22-33)44-39(41)34-23-28-38(37(40)30-34)43-31(3)18-16-9-7-5-2;;;;;/h2,19-28,30-31H,4,6,8,10-15,17,29H2,1,3H3;5*1H/t31-;;;;;/m1...../s1. The fourth-order valence-corrected chi connectivity index (χ4v) is 5.03. The summed E-state index contributed by atoms with van der Waals surface area (Å²) in [6.07, 6.45) is 17.8. The third kappa shape index (κ3) is 12.6. The van der Waals surface area contributed by atoms with Crippen molar-refractivity contribution in [2.75, 3.05) is 6.61 Å². The van der Waals surface area contributed by atoms with E-state index in [1.54, 1.807) is 37.3 Å². The fraction of sp³-hybridized carbons (Fsp3) is 0.359. The van der Waals surface area contributed by atoms with Crippen molar-refractivity contribution in [3.8, 4) is 64.4 Å². The molecule has 0 saturated heterocycles. The molecule has 3 aromatic carbocycles. The highest BCUT2D eigenvalue weighted by molar-refractivity contribution is 9.10. The molecule has 0 aliphatic carbocycles. The lowest BCUT2D eigenvalue weighted by Gasteiger charge is -2.12. The van der Waals surface area contributed by atoms with Crippen LogP contribution in [0, 0.1) is 36.0 Å². The highest BCUT2D eigenvalue weighted by Gasteiger charge is 2.13. The smallest absolute Gasteiger partial charge is 0.343 e. The minimum Gasteiger partial charge on any atom is -0.494 e. The van der Waals surface area contributed by atoms with Gasteiger partial charge < -0.3 is 14.2 Å². The van der Waals surface area contributed by atoms with Gasteiger partial charge in [-0.15, -0.1) is 6.42 Å². The average Bonchev–Trinajstić information content (AvgIpc) is 3.03. The molecule has 44 heavy (non-hydrogen) atoms. The first kappa shape index (κ1) is 34.4. The van der Waals surface area contributed by atoms with E-state index in [1.807, 2.05) is 36.4 Å². The Kier molecular flexibility index (Phi) is 15.6. The molecule has 0 saturated carbocycles. The lowest BCUT2D eigenvalue weighted by atomic mass is 10.1. The van der Waals surface area contributed by atoms with Gasteiger partial charge in [0.1, 0.15) is 17.2 Å². The van der Waals surface area contributed by atoms with E-state index in [1.165, 1.54) is 57.8 Å². The summed E-state index contributed by atoms with van der Waals surface area (Å²) in [5.74, 6) is 14.1. The van der Waals surface area contributed by atoms with E-state index in [-0.39, 0.29) is 7.13 Å². The van der Waals surface area contributed by atoms with Crippen LogP contribution in [-0.2, 0) is 0 Å². The van der Waals surface area contributed by atoms with Crippen LogP contribution < -0.4 is 14.2 Å². The molecular formula is C39H51BrO4. The summed E-state index contributed by atoms with van der Waals surface area (Å²) < 4.78 is 17.9. The highest BCUT2D eigenvalue weighted by Crippen LogP contribution is 2.29. The molecule has 0 aliphatic heterocycles. The number of benzene rings is 3. The van der Waals surface area contributed by atoms with Crippen molar-refractivity contribution in [2.24, 2.45) is 0 Å². The van der Waals surface area contributed by atoms with Crippen molar-refractivity contribution >= 4 is 21.9 Å². The Bertz CT molecular complexity index is 1500. The van der Waals surface area contributed by atoms with E-state index >= 15 is 0 Å². The maximum Gasteiger partial charge on any atom is 0.343 e. The van der Waals surface area contributed by atoms with Crippen LogP contribution in [0.4, 0.5) is 0 Å². The Morgan fingerprint density at radius 3 is 1.98 bits per heavy atom. The highest BCUT2D eigenvalue weighted by atomic mass is 79.9. The Morgan fingerprint density at radius 1 is 0.795 bits per heavy atom. The van der Waals surface area contributed by atoms with Crippen molar-refractivity contribution in [2.45, 2.75) is 84.2 Å². The van der Waals surface area contributed by atoms with Crippen LogP contribution in [-0.4, -0.2) is 18.7 Å². The quantitative estimate of drug-likeness (QED) is 0.0624. The number of terminal acetylenes is 1. The minimum absolute atomic E-state index is 0. The molecule has 0 heterocycles. The van der Waals surface area contributed by atoms with E-state index < -0.39 is 12.1 Å². The Labute approximate surface area is 279 Å². The summed E-state index contributed by atoms with van der Waals surface area (Å²) in [7, 11) is 0. The van der Waals surface area contributed by atoms with Gasteiger partial charge in [-0.2, -0.15) is 0 Å². The summed E-state index contributed by atoms with van der Waals surface area (Å²) in [5, 5.41) is 0. The second kappa shape index (κ2) is 20.0. The summed E-state index contributed by atoms with van der Waals surface area (Å²) in [5.41, 5.74) is 2.48. The van der Waals surface area contributed by atoms with E-state index in [2.05, 4.69) is 52.5 Å². The molecule has 0 fully saturated rings. The average molecular weight is 664 g/mol. The van der Waals surface area contributed by atoms with Gasteiger partial charge in [0.25, 0.3) is 0 Å². The number of ether oxygens (including phenoxy) is 3. The number of carbonyl (C=O) groups excluding carboxylic acids is 1. The molecule has 0 unspecified atom stereocenters. The van der Waals surface area contributed by atoms with Crippen molar-refractivity contribution in [3.05, 3.63) is 76.8 Å². The third-order valence-electron chi connectivity index (χ3n) is 6.96. The molecule has 0 amide bonds. The maximum atomic E-state index is 12.8. The molecule has 1 atom stereocenters. The first-order valence-corrected chi connectivity index (χ1v) is 16.3. The van der Waals surface area contributed by atoms with Crippen molar-refractivity contribution in [3.63, 3.8) is 0 Å².